The molecule has 0 N–H and O–H groups in total. The normalized spacial score (nSPS) is 13.1. The third-order valence-corrected chi connectivity index (χ3v) is 5.46. The van der Waals surface area contributed by atoms with Crippen LogP contribution >= 0.6 is 54.5 Å². The van der Waals surface area contributed by atoms with Crippen molar-refractivity contribution in [1.82, 2.24) is 0 Å². The van der Waals surface area contributed by atoms with Crippen molar-refractivity contribution in [3.63, 3.8) is 0 Å². The summed E-state index contributed by atoms with van der Waals surface area (Å²) in [6.07, 6.45) is 0. The minimum absolute atomic E-state index is 0.343. The van der Waals surface area contributed by atoms with Gasteiger partial charge in [-0.15, -0.1) is 22.7 Å². The Balaban J connectivity index is 2.28. The number of hydrogen-bond donors (Lipinski definition) is 0. The van der Waals surface area contributed by atoms with Crippen LogP contribution in [0.1, 0.15) is 15.3 Å². The Kier molecular flexibility index (Phi) is 3.24. The van der Waals surface area contributed by atoms with E-state index in [2.05, 4.69) is 60.8 Å². The van der Waals surface area contributed by atoms with E-state index >= 15 is 0 Å². The van der Waals surface area contributed by atoms with Gasteiger partial charge in [-0.05, 0) is 44.4 Å². The second-order valence-electron chi connectivity index (χ2n) is 2.56. The molecular formula is C9H6Br2S2. The first-order valence-electron chi connectivity index (χ1n) is 3.69. The van der Waals surface area contributed by atoms with Crippen molar-refractivity contribution in [2.24, 2.45) is 0 Å². The van der Waals surface area contributed by atoms with Crippen LogP contribution in [0.15, 0.2) is 32.7 Å². The van der Waals surface area contributed by atoms with Gasteiger partial charge >= 0.3 is 0 Å². The average molecular weight is 338 g/mol. The molecule has 68 valence electrons. The van der Waals surface area contributed by atoms with Crippen molar-refractivity contribution in [3.8, 4) is 0 Å². The van der Waals surface area contributed by atoms with Crippen LogP contribution < -0.4 is 0 Å². The molecule has 13 heavy (non-hydrogen) atoms. The highest BCUT2D eigenvalue weighted by atomic mass is 79.9. The number of alkyl halides is 1. The Labute approximate surface area is 102 Å². The molecule has 0 aliphatic heterocycles. The van der Waals surface area contributed by atoms with E-state index in [9.17, 15) is 0 Å². The van der Waals surface area contributed by atoms with Crippen LogP contribution in [0.4, 0.5) is 0 Å². The maximum absolute atomic E-state index is 3.68. The Hall–Kier alpha value is 0.360. The first-order valence-corrected chi connectivity index (χ1v) is 7.15. The average Bonchev–Trinajstić information content (AvgIpc) is 2.72. The third-order valence-electron chi connectivity index (χ3n) is 1.67. The van der Waals surface area contributed by atoms with E-state index in [1.807, 2.05) is 0 Å². The summed E-state index contributed by atoms with van der Waals surface area (Å²) < 4.78 is 1.18. The molecule has 0 aromatic carbocycles. The van der Waals surface area contributed by atoms with E-state index in [0.29, 0.717) is 4.83 Å². The highest BCUT2D eigenvalue weighted by Crippen LogP contribution is 2.36. The zero-order chi connectivity index (χ0) is 9.26. The molecule has 2 aromatic heterocycles. The van der Waals surface area contributed by atoms with Crippen LogP contribution in [0.25, 0.3) is 0 Å². The maximum atomic E-state index is 3.68. The molecule has 0 amide bonds. The monoisotopic (exact) mass is 336 g/mol. The van der Waals surface area contributed by atoms with Crippen LogP contribution in [-0.4, -0.2) is 0 Å². The predicted molar refractivity (Wildman–Crippen MR) is 67.1 cm³/mol. The predicted octanol–water partition coefficient (Wildman–Crippen LogP) is 5.06. The van der Waals surface area contributed by atoms with E-state index in [-0.39, 0.29) is 0 Å². The number of thiophene rings is 2. The molecule has 0 nitrogen and oxygen atoms in total. The molecule has 0 radical (unpaired) electrons. The van der Waals surface area contributed by atoms with E-state index in [4.69, 9.17) is 0 Å². The number of halogens is 2. The maximum Gasteiger partial charge on any atom is 0.0746 e. The fraction of sp³-hybridized carbons (Fsp3) is 0.111. The highest BCUT2D eigenvalue weighted by molar-refractivity contribution is 9.11. The Morgan fingerprint density at radius 2 is 2.15 bits per heavy atom. The zero-order valence-corrected chi connectivity index (χ0v) is 11.3. The van der Waals surface area contributed by atoms with Crippen LogP contribution in [-0.2, 0) is 0 Å². The Morgan fingerprint density at radius 3 is 2.69 bits per heavy atom. The van der Waals surface area contributed by atoms with E-state index in [1.165, 1.54) is 14.2 Å². The Bertz CT molecular complexity index is 378. The minimum Gasteiger partial charge on any atom is -0.147 e. The van der Waals surface area contributed by atoms with Crippen molar-refractivity contribution >= 4 is 54.5 Å². The first-order chi connectivity index (χ1) is 6.27. The molecule has 1 unspecified atom stereocenters. The van der Waals surface area contributed by atoms with E-state index in [0.717, 1.165) is 0 Å². The molecule has 2 aromatic rings. The number of rotatable bonds is 2. The second kappa shape index (κ2) is 4.26. The van der Waals surface area contributed by atoms with Gasteiger partial charge in [0.25, 0.3) is 0 Å². The molecule has 1 atom stereocenters. The molecular weight excluding hydrogens is 332 g/mol. The van der Waals surface area contributed by atoms with E-state index in [1.54, 1.807) is 22.7 Å². The van der Waals surface area contributed by atoms with Crippen LogP contribution in [0.5, 0.6) is 0 Å². The number of hydrogen-bond acceptors (Lipinski definition) is 2. The molecule has 0 saturated heterocycles. The van der Waals surface area contributed by atoms with Gasteiger partial charge in [0.05, 0.1) is 8.61 Å². The summed E-state index contributed by atoms with van der Waals surface area (Å²) in [5.41, 5.74) is 1.32. The SMILES string of the molecule is Brc1cc(C(Br)c2cccs2)cs1. The molecule has 4 heteroatoms. The van der Waals surface area contributed by atoms with Gasteiger partial charge in [0.1, 0.15) is 0 Å². The molecule has 0 saturated carbocycles. The lowest BCUT2D eigenvalue weighted by molar-refractivity contribution is 1.25. The van der Waals surface area contributed by atoms with Gasteiger partial charge in [-0.3, -0.25) is 0 Å². The highest BCUT2D eigenvalue weighted by Gasteiger charge is 2.12. The largest absolute Gasteiger partial charge is 0.147 e. The summed E-state index contributed by atoms with van der Waals surface area (Å²) in [5.74, 6) is 0. The van der Waals surface area contributed by atoms with Crippen molar-refractivity contribution < 1.29 is 0 Å². The van der Waals surface area contributed by atoms with Crippen LogP contribution in [0, 0.1) is 0 Å². The van der Waals surface area contributed by atoms with E-state index < -0.39 is 0 Å². The van der Waals surface area contributed by atoms with Gasteiger partial charge in [0.2, 0.25) is 0 Å². The minimum atomic E-state index is 0.343. The smallest absolute Gasteiger partial charge is 0.0746 e. The molecule has 0 bridgehead atoms. The Morgan fingerprint density at radius 1 is 1.31 bits per heavy atom. The van der Waals surface area contributed by atoms with Gasteiger partial charge in [0.15, 0.2) is 0 Å². The molecule has 0 fully saturated rings. The summed E-state index contributed by atoms with van der Waals surface area (Å²) in [6, 6.07) is 6.38. The fourth-order valence-corrected chi connectivity index (χ4v) is 3.90. The summed E-state index contributed by atoms with van der Waals surface area (Å²) in [5, 5.41) is 4.27. The van der Waals surface area contributed by atoms with Gasteiger partial charge in [-0.25, -0.2) is 0 Å². The van der Waals surface area contributed by atoms with Gasteiger partial charge in [0, 0.05) is 4.88 Å². The molecule has 0 spiro atoms. The standard InChI is InChI=1S/C9H6Br2S2/c10-8-4-6(5-13-8)9(11)7-2-1-3-12-7/h1-5,9H. The van der Waals surface area contributed by atoms with Crippen molar-refractivity contribution in [3.05, 3.63) is 43.2 Å². The molecule has 0 aliphatic rings. The van der Waals surface area contributed by atoms with Gasteiger partial charge < -0.3 is 0 Å². The van der Waals surface area contributed by atoms with Crippen molar-refractivity contribution in [1.29, 1.82) is 0 Å². The molecule has 2 rings (SSSR count). The lowest BCUT2D eigenvalue weighted by Gasteiger charge is -2.03. The molecule has 0 aliphatic carbocycles. The third kappa shape index (κ3) is 2.24. The lowest BCUT2D eigenvalue weighted by Crippen LogP contribution is -1.84. The summed E-state index contributed by atoms with van der Waals surface area (Å²) in [6.45, 7) is 0. The summed E-state index contributed by atoms with van der Waals surface area (Å²) in [4.78, 5) is 1.69. The topological polar surface area (TPSA) is 0 Å². The second-order valence-corrected chi connectivity index (χ2v) is 6.75. The van der Waals surface area contributed by atoms with Crippen LogP contribution in [0.3, 0.4) is 0 Å². The van der Waals surface area contributed by atoms with Crippen molar-refractivity contribution in [2.45, 2.75) is 4.83 Å². The van der Waals surface area contributed by atoms with Gasteiger partial charge in [-0.2, -0.15) is 0 Å². The molecule has 2 heterocycles. The first kappa shape index (κ1) is 9.90. The summed E-state index contributed by atoms with van der Waals surface area (Å²) >= 11 is 10.6. The van der Waals surface area contributed by atoms with Gasteiger partial charge in [-0.1, -0.05) is 22.0 Å². The summed E-state index contributed by atoms with van der Waals surface area (Å²) in [7, 11) is 0. The fourth-order valence-electron chi connectivity index (χ4n) is 1.06. The van der Waals surface area contributed by atoms with Crippen molar-refractivity contribution in [2.75, 3.05) is 0 Å². The van der Waals surface area contributed by atoms with Crippen LogP contribution in [0.2, 0.25) is 0 Å². The lowest BCUT2D eigenvalue weighted by atomic mass is 10.2. The quantitative estimate of drug-likeness (QED) is 0.672. The zero-order valence-electron chi connectivity index (χ0n) is 6.54.